The predicted molar refractivity (Wildman–Crippen MR) is 65.5 cm³/mol. The molecule has 0 aliphatic heterocycles. The van der Waals surface area contributed by atoms with Crippen LogP contribution in [-0.4, -0.2) is 5.78 Å². The van der Waals surface area contributed by atoms with E-state index in [2.05, 4.69) is 6.07 Å². The average molecular weight is 229 g/mol. The van der Waals surface area contributed by atoms with Crippen LogP contribution in [0.15, 0.2) is 29.6 Å². The van der Waals surface area contributed by atoms with Gasteiger partial charge in [-0.2, -0.15) is 5.26 Å². The first-order chi connectivity index (χ1) is 7.77. The van der Waals surface area contributed by atoms with E-state index in [1.165, 1.54) is 0 Å². The molecule has 1 aromatic carbocycles. The van der Waals surface area contributed by atoms with E-state index in [0.717, 1.165) is 10.1 Å². The minimum absolute atomic E-state index is 0.0533. The van der Waals surface area contributed by atoms with Gasteiger partial charge >= 0.3 is 0 Å². The molecule has 1 atom stereocenters. The maximum absolute atomic E-state index is 12.1. The summed E-state index contributed by atoms with van der Waals surface area (Å²) in [6, 6.07) is 9.85. The second kappa shape index (κ2) is 4.46. The van der Waals surface area contributed by atoms with Gasteiger partial charge in [0.15, 0.2) is 5.78 Å². The fraction of sp³-hybridized carbons (Fsp3) is 0.231. The van der Waals surface area contributed by atoms with Crippen LogP contribution in [0.2, 0.25) is 0 Å². The highest BCUT2D eigenvalue weighted by molar-refractivity contribution is 7.17. The number of Topliss-reactive ketones (excluding diaryl/α,β-unsaturated/α-hetero) is 1. The van der Waals surface area contributed by atoms with Crippen molar-refractivity contribution in [2.75, 3.05) is 0 Å². The van der Waals surface area contributed by atoms with Crippen LogP contribution in [0.4, 0.5) is 0 Å². The fourth-order valence-electron chi connectivity index (χ4n) is 1.69. The van der Waals surface area contributed by atoms with E-state index in [1.807, 2.05) is 36.6 Å². The standard InChI is InChI=1S/C13H11NOS/c1-2-9(7-14)13(15)11-8-16-12-6-4-3-5-10(11)12/h3-6,8-9H,2H2,1H3. The van der Waals surface area contributed by atoms with Crippen LogP contribution in [0.25, 0.3) is 10.1 Å². The SMILES string of the molecule is CCC(C#N)C(=O)c1csc2ccccc12. The lowest BCUT2D eigenvalue weighted by atomic mass is 9.96. The van der Waals surface area contributed by atoms with Gasteiger partial charge in [0.05, 0.1) is 6.07 Å². The zero-order chi connectivity index (χ0) is 11.5. The van der Waals surface area contributed by atoms with Gasteiger partial charge in [0.25, 0.3) is 0 Å². The van der Waals surface area contributed by atoms with Crippen molar-refractivity contribution in [1.29, 1.82) is 5.26 Å². The van der Waals surface area contributed by atoms with Gasteiger partial charge in [-0.05, 0) is 12.5 Å². The molecule has 80 valence electrons. The molecule has 16 heavy (non-hydrogen) atoms. The number of rotatable bonds is 3. The zero-order valence-corrected chi connectivity index (χ0v) is 9.75. The Kier molecular flexibility index (Phi) is 3.02. The third-order valence-corrected chi connectivity index (χ3v) is 3.59. The molecule has 3 heteroatoms. The molecule has 2 aromatic rings. The minimum atomic E-state index is -0.516. The van der Waals surface area contributed by atoms with Crippen molar-refractivity contribution in [3.63, 3.8) is 0 Å². The summed E-state index contributed by atoms with van der Waals surface area (Å²) in [5.74, 6) is -0.569. The lowest BCUT2D eigenvalue weighted by Crippen LogP contribution is -2.11. The molecular formula is C13H11NOS. The lowest BCUT2D eigenvalue weighted by molar-refractivity contribution is 0.0948. The summed E-state index contributed by atoms with van der Waals surface area (Å²) in [6.45, 7) is 1.86. The van der Waals surface area contributed by atoms with Crippen LogP contribution < -0.4 is 0 Å². The number of hydrogen-bond donors (Lipinski definition) is 0. The maximum Gasteiger partial charge on any atom is 0.181 e. The van der Waals surface area contributed by atoms with Crippen molar-refractivity contribution in [2.45, 2.75) is 13.3 Å². The third-order valence-electron chi connectivity index (χ3n) is 2.63. The van der Waals surface area contributed by atoms with Crippen LogP contribution in [0.1, 0.15) is 23.7 Å². The molecule has 0 bridgehead atoms. The predicted octanol–water partition coefficient (Wildman–Crippen LogP) is 3.63. The third kappa shape index (κ3) is 1.72. The number of thiophene rings is 1. The summed E-state index contributed by atoms with van der Waals surface area (Å²) < 4.78 is 1.10. The molecule has 0 fully saturated rings. The highest BCUT2D eigenvalue weighted by atomic mass is 32.1. The Morgan fingerprint density at radius 2 is 2.25 bits per heavy atom. The Bertz CT molecular complexity index is 565. The summed E-state index contributed by atoms with van der Waals surface area (Å²) in [6.07, 6.45) is 0.569. The Morgan fingerprint density at radius 3 is 2.94 bits per heavy atom. The quantitative estimate of drug-likeness (QED) is 0.754. The van der Waals surface area contributed by atoms with Crippen molar-refractivity contribution >= 4 is 27.2 Å². The molecule has 0 saturated heterocycles. The van der Waals surface area contributed by atoms with Gasteiger partial charge in [-0.15, -0.1) is 11.3 Å². The van der Waals surface area contributed by atoms with Crippen LogP contribution in [0, 0.1) is 17.2 Å². The number of ketones is 1. The van der Waals surface area contributed by atoms with E-state index < -0.39 is 5.92 Å². The van der Waals surface area contributed by atoms with Crippen LogP contribution in [0.3, 0.4) is 0 Å². The normalized spacial score (nSPS) is 12.2. The number of carbonyl (C=O) groups excluding carboxylic acids is 1. The average Bonchev–Trinajstić information content (AvgIpc) is 2.74. The van der Waals surface area contributed by atoms with E-state index in [0.29, 0.717) is 12.0 Å². The van der Waals surface area contributed by atoms with Crippen LogP contribution in [-0.2, 0) is 0 Å². The Labute approximate surface area is 98.1 Å². The topological polar surface area (TPSA) is 40.9 Å². The summed E-state index contributed by atoms with van der Waals surface area (Å²) in [4.78, 5) is 12.1. The number of nitrogens with zero attached hydrogens (tertiary/aromatic N) is 1. The molecule has 0 spiro atoms. The molecule has 0 saturated carbocycles. The molecule has 2 nitrogen and oxygen atoms in total. The first kappa shape index (κ1) is 10.8. The lowest BCUT2D eigenvalue weighted by Gasteiger charge is -2.03. The smallest absolute Gasteiger partial charge is 0.181 e. The Balaban J connectivity index is 2.49. The number of nitriles is 1. The van der Waals surface area contributed by atoms with E-state index >= 15 is 0 Å². The molecule has 0 aliphatic carbocycles. The molecule has 0 N–H and O–H groups in total. The monoisotopic (exact) mass is 229 g/mol. The molecule has 2 rings (SSSR count). The van der Waals surface area contributed by atoms with Crippen molar-refractivity contribution in [2.24, 2.45) is 5.92 Å². The molecule has 0 amide bonds. The summed E-state index contributed by atoms with van der Waals surface area (Å²) in [5, 5.41) is 11.7. The number of carbonyl (C=O) groups is 1. The van der Waals surface area contributed by atoms with Crippen molar-refractivity contribution < 1.29 is 4.79 Å². The molecule has 1 aromatic heterocycles. The molecule has 0 radical (unpaired) electrons. The second-order valence-electron chi connectivity index (χ2n) is 3.60. The van der Waals surface area contributed by atoms with E-state index in [1.54, 1.807) is 11.3 Å². The summed E-state index contributed by atoms with van der Waals surface area (Å²) in [5.41, 5.74) is 0.689. The van der Waals surface area contributed by atoms with Gasteiger partial charge in [0, 0.05) is 21.0 Å². The van der Waals surface area contributed by atoms with Crippen molar-refractivity contribution in [3.8, 4) is 6.07 Å². The highest BCUT2D eigenvalue weighted by Crippen LogP contribution is 2.27. The number of hydrogen-bond acceptors (Lipinski definition) is 3. The maximum atomic E-state index is 12.1. The molecule has 1 heterocycles. The van der Waals surface area contributed by atoms with Gasteiger partial charge in [0.1, 0.15) is 5.92 Å². The van der Waals surface area contributed by atoms with Crippen molar-refractivity contribution in [3.05, 3.63) is 35.2 Å². The second-order valence-corrected chi connectivity index (χ2v) is 4.51. The molecule has 0 aliphatic rings. The molecular weight excluding hydrogens is 218 g/mol. The largest absolute Gasteiger partial charge is 0.293 e. The first-order valence-corrected chi connectivity index (χ1v) is 6.06. The fourth-order valence-corrected chi connectivity index (χ4v) is 2.64. The number of benzene rings is 1. The molecule has 1 unspecified atom stereocenters. The van der Waals surface area contributed by atoms with Gasteiger partial charge in [-0.25, -0.2) is 0 Å². The van der Waals surface area contributed by atoms with Gasteiger partial charge < -0.3 is 0 Å². The van der Waals surface area contributed by atoms with Gasteiger partial charge in [-0.1, -0.05) is 25.1 Å². The number of fused-ring (bicyclic) bond motifs is 1. The first-order valence-electron chi connectivity index (χ1n) is 5.18. The van der Waals surface area contributed by atoms with E-state index in [4.69, 9.17) is 5.26 Å². The van der Waals surface area contributed by atoms with E-state index in [-0.39, 0.29) is 5.78 Å². The van der Waals surface area contributed by atoms with E-state index in [9.17, 15) is 4.79 Å². The van der Waals surface area contributed by atoms with Crippen LogP contribution in [0.5, 0.6) is 0 Å². The Morgan fingerprint density at radius 1 is 1.50 bits per heavy atom. The van der Waals surface area contributed by atoms with Gasteiger partial charge in [-0.3, -0.25) is 4.79 Å². The summed E-state index contributed by atoms with van der Waals surface area (Å²) in [7, 11) is 0. The summed E-state index contributed by atoms with van der Waals surface area (Å²) >= 11 is 1.55. The minimum Gasteiger partial charge on any atom is -0.293 e. The highest BCUT2D eigenvalue weighted by Gasteiger charge is 2.20. The van der Waals surface area contributed by atoms with Crippen LogP contribution >= 0.6 is 11.3 Å². The van der Waals surface area contributed by atoms with Crippen molar-refractivity contribution in [1.82, 2.24) is 0 Å². The zero-order valence-electron chi connectivity index (χ0n) is 8.93. The Hall–Kier alpha value is -1.66. The van der Waals surface area contributed by atoms with Gasteiger partial charge in [0.2, 0.25) is 0 Å².